The van der Waals surface area contributed by atoms with Crippen LogP contribution < -0.4 is 5.32 Å². The number of nitriles is 1. The maximum atomic E-state index is 12.9. The number of rotatable bonds is 7. The second kappa shape index (κ2) is 10.8. The normalized spacial score (nSPS) is 15.4. The first-order valence-corrected chi connectivity index (χ1v) is 12.5. The highest BCUT2D eigenvalue weighted by Crippen LogP contribution is 2.41. The molecule has 0 amide bonds. The van der Waals surface area contributed by atoms with E-state index in [1.165, 1.54) is 18.7 Å². The average molecular weight is 499 g/mol. The van der Waals surface area contributed by atoms with Crippen molar-refractivity contribution >= 4 is 34.9 Å². The van der Waals surface area contributed by atoms with E-state index in [2.05, 4.69) is 11.4 Å². The molecule has 0 bridgehead atoms. The minimum atomic E-state index is -0.515. The van der Waals surface area contributed by atoms with E-state index < -0.39 is 5.92 Å². The molecule has 1 unspecified atom stereocenters. The maximum absolute atomic E-state index is 12.9. The lowest BCUT2D eigenvalue weighted by Gasteiger charge is -2.29. The highest BCUT2D eigenvalue weighted by Gasteiger charge is 2.33. The average Bonchev–Trinajstić information content (AvgIpc) is 2.87. The van der Waals surface area contributed by atoms with Gasteiger partial charge < -0.3 is 5.32 Å². The number of thioether (sulfide) groups is 1. The Hall–Kier alpha value is -3.59. The van der Waals surface area contributed by atoms with Crippen molar-refractivity contribution in [2.24, 2.45) is 0 Å². The second-order valence-electron chi connectivity index (χ2n) is 8.21. The number of ketones is 2. The Morgan fingerprint density at radius 3 is 2.20 bits per heavy atom. The van der Waals surface area contributed by atoms with Gasteiger partial charge in [0.2, 0.25) is 0 Å². The van der Waals surface area contributed by atoms with Gasteiger partial charge in [0.25, 0.3) is 0 Å². The summed E-state index contributed by atoms with van der Waals surface area (Å²) in [5, 5.41) is 14.4. The fraction of sp³-hybridized carbons (Fsp3) is 0.138. The van der Waals surface area contributed by atoms with Gasteiger partial charge in [0.1, 0.15) is 0 Å². The Morgan fingerprint density at radius 2 is 1.60 bits per heavy atom. The van der Waals surface area contributed by atoms with Crippen LogP contribution in [-0.2, 0) is 4.79 Å². The SMILES string of the molecule is CC(=O)C1=C(C)NC(SCC(=O)c2ccc(-c3ccccc3)cc2)=C(C#N)C1c1ccc(Cl)cc1. The van der Waals surface area contributed by atoms with Gasteiger partial charge in [-0.3, -0.25) is 9.59 Å². The van der Waals surface area contributed by atoms with E-state index in [1.54, 1.807) is 12.1 Å². The summed E-state index contributed by atoms with van der Waals surface area (Å²) in [5.74, 6) is -0.503. The zero-order valence-corrected chi connectivity index (χ0v) is 20.9. The number of hydrogen-bond acceptors (Lipinski definition) is 5. The van der Waals surface area contributed by atoms with E-state index in [1.807, 2.05) is 73.7 Å². The number of hydrogen-bond donors (Lipinski definition) is 1. The van der Waals surface area contributed by atoms with Crippen LogP contribution in [-0.4, -0.2) is 17.3 Å². The Bertz CT molecular complexity index is 1370. The van der Waals surface area contributed by atoms with E-state index in [0.717, 1.165) is 16.7 Å². The van der Waals surface area contributed by atoms with Gasteiger partial charge in [0, 0.05) is 21.9 Å². The number of halogens is 1. The summed E-state index contributed by atoms with van der Waals surface area (Å²) in [6.07, 6.45) is 0. The summed E-state index contributed by atoms with van der Waals surface area (Å²) in [7, 11) is 0. The lowest BCUT2D eigenvalue weighted by atomic mass is 9.81. The fourth-order valence-electron chi connectivity index (χ4n) is 4.18. The van der Waals surface area contributed by atoms with Gasteiger partial charge in [-0.05, 0) is 42.7 Å². The van der Waals surface area contributed by atoms with Gasteiger partial charge in [-0.2, -0.15) is 5.26 Å². The van der Waals surface area contributed by atoms with E-state index in [4.69, 9.17) is 11.6 Å². The third-order valence-corrected chi connectivity index (χ3v) is 7.16. The highest BCUT2D eigenvalue weighted by atomic mass is 35.5. The zero-order chi connectivity index (χ0) is 24.9. The molecular weight excluding hydrogens is 476 g/mol. The summed E-state index contributed by atoms with van der Waals surface area (Å²) >= 11 is 7.33. The Balaban J connectivity index is 1.57. The number of carbonyl (C=O) groups excluding carboxylic acids is 2. The van der Waals surface area contributed by atoms with Gasteiger partial charge in [0.05, 0.1) is 28.3 Å². The monoisotopic (exact) mass is 498 g/mol. The number of Topliss-reactive ketones (excluding diaryl/α,β-unsaturated/α-hetero) is 2. The summed E-state index contributed by atoms with van der Waals surface area (Å²) in [6, 6.07) is 26.9. The van der Waals surface area contributed by atoms with Crippen LogP contribution in [0.3, 0.4) is 0 Å². The van der Waals surface area contributed by atoms with Crippen LogP contribution in [0, 0.1) is 11.3 Å². The molecule has 0 spiro atoms. The molecule has 3 aromatic carbocycles. The summed E-state index contributed by atoms with van der Waals surface area (Å²) < 4.78 is 0. The van der Waals surface area contributed by atoms with Gasteiger partial charge in [-0.25, -0.2) is 0 Å². The fourth-order valence-corrected chi connectivity index (χ4v) is 5.29. The lowest BCUT2D eigenvalue weighted by molar-refractivity contribution is -0.113. The molecule has 0 aliphatic carbocycles. The molecule has 35 heavy (non-hydrogen) atoms. The number of nitrogens with one attached hydrogen (secondary N) is 1. The smallest absolute Gasteiger partial charge is 0.173 e. The molecule has 0 saturated carbocycles. The zero-order valence-electron chi connectivity index (χ0n) is 19.3. The number of dihydropyridines is 1. The molecule has 6 heteroatoms. The lowest BCUT2D eigenvalue weighted by Crippen LogP contribution is -2.27. The predicted molar refractivity (Wildman–Crippen MR) is 142 cm³/mol. The molecule has 3 aromatic rings. The molecule has 174 valence electrons. The van der Waals surface area contributed by atoms with Gasteiger partial charge in [-0.1, -0.05) is 90.1 Å². The third-order valence-electron chi connectivity index (χ3n) is 5.89. The summed E-state index contributed by atoms with van der Waals surface area (Å²) in [4.78, 5) is 25.4. The number of benzene rings is 3. The van der Waals surface area contributed by atoms with E-state index in [0.29, 0.717) is 32.5 Å². The topological polar surface area (TPSA) is 70.0 Å². The molecule has 4 nitrogen and oxygen atoms in total. The van der Waals surface area contributed by atoms with Gasteiger partial charge in [0.15, 0.2) is 11.6 Å². The molecule has 1 aliphatic rings. The third kappa shape index (κ3) is 5.40. The van der Waals surface area contributed by atoms with Crippen molar-refractivity contribution in [3.8, 4) is 17.2 Å². The van der Waals surface area contributed by atoms with E-state index >= 15 is 0 Å². The van der Waals surface area contributed by atoms with Crippen molar-refractivity contribution < 1.29 is 9.59 Å². The molecule has 1 N–H and O–H groups in total. The minimum absolute atomic E-state index is 0.0387. The van der Waals surface area contributed by atoms with Gasteiger partial charge >= 0.3 is 0 Å². The van der Waals surface area contributed by atoms with Crippen LogP contribution in [0.5, 0.6) is 0 Å². The first-order chi connectivity index (χ1) is 16.9. The molecule has 1 atom stereocenters. The number of allylic oxidation sites excluding steroid dienone is 3. The van der Waals surface area contributed by atoms with E-state index in [-0.39, 0.29) is 17.3 Å². The quantitative estimate of drug-likeness (QED) is 0.358. The van der Waals surface area contributed by atoms with Crippen molar-refractivity contribution in [1.82, 2.24) is 5.32 Å². The summed E-state index contributed by atoms with van der Waals surface area (Å²) in [5.41, 5.74) is 5.18. The Labute approximate surface area is 214 Å². The van der Waals surface area contributed by atoms with E-state index in [9.17, 15) is 14.9 Å². The standard InChI is InChI=1S/C29H23ClN2O2S/c1-18-27(19(2)33)28(23-12-14-24(30)15-13-23)25(16-31)29(32-18)35-17-26(34)22-10-8-21(9-11-22)20-6-4-3-5-7-20/h3-15,28,32H,17H2,1-2H3. The van der Waals surface area contributed by atoms with Crippen molar-refractivity contribution in [3.63, 3.8) is 0 Å². The number of carbonyl (C=O) groups is 2. The van der Waals surface area contributed by atoms with Crippen LogP contribution in [0.25, 0.3) is 11.1 Å². The van der Waals surface area contributed by atoms with Crippen molar-refractivity contribution in [1.29, 1.82) is 5.26 Å². The molecular formula is C29H23ClN2O2S. The maximum Gasteiger partial charge on any atom is 0.173 e. The second-order valence-corrected chi connectivity index (χ2v) is 9.64. The largest absolute Gasteiger partial charge is 0.353 e. The minimum Gasteiger partial charge on any atom is -0.353 e. The molecule has 1 aliphatic heterocycles. The van der Waals surface area contributed by atoms with Crippen LogP contribution in [0.2, 0.25) is 5.02 Å². The highest BCUT2D eigenvalue weighted by molar-refractivity contribution is 8.03. The molecule has 0 aromatic heterocycles. The first-order valence-electron chi connectivity index (χ1n) is 11.1. The Morgan fingerprint density at radius 1 is 0.971 bits per heavy atom. The van der Waals surface area contributed by atoms with Crippen LogP contribution in [0.1, 0.15) is 35.7 Å². The molecule has 4 rings (SSSR count). The van der Waals surface area contributed by atoms with Crippen molar-refractivity contribution in [2.45, 2.75) is 19.8 Å². The number of nitrogens with zero attached hydrogens (tertiary/aromatic N) is 1. The molecule has 1 heterocycles. The van der Waals surface area contributed by atoms with Crippen molar-refractivity contribution in [3.05, 3.63) is 117 Å². The van der Waals surface area contributed by atoms with Crippen LogP contribution >= 0.6 is 23.4 Å². The molecule has 0 fully saturated rings. The first kappa shape index (κ1) is 24.5. The van der Waals surface area contributed by atoms with Crippen LogP contribution in [0.4, 0.5) is 0 Å². The molecule has 0 radical (unpaired) electrons. The van der Waals surface area contributed by atoms with Gasteiger partial charge in [-0.15, -0.1) is 0 Å². The summed E-state index contributed by atoms with van der Waals surface area (Å²) in [6.45, 7) is 3.32. The van der Waals surface area contributed by atoms with Crippen LogP contribution in [0.15, 0.2) is 101 Å². The predicted octanol–water partition coefficient (Wildman–Crippen LogP) is 6.91. The Kier molecular flexibility index (Phi) is 7.55. The van der Waals surface area contributed by atoms with Crippen molar-refractivity contribution in [2.75, 3.05) is 5.75 Å². The molecule has 0 saturated heterocycles.